The van der Waals surface area contributed by atoms with E-state index < -0.39 is 15.6 Å². The number of para-hydroxylation sites is 1. The van der Waals surface area contributed by atoms with Gasteiger partial charge in [0.25, 0.3) is 0 Å². The zero-order chi connectivity index (χ0) is 14.7. The number of hydrogen-bond acceptors (Lipinski definition) is 3. The number of carbonyl (C=O) groups is 1. The molecular formula is C13H20N2O3S. The standard InChI is InChI=1S/C13H20N2O3S/c1-13(2,3)15(19(4,17)18)10-12(16)14-11-8-6-5-7-9-11/h5-9H,10H2,1-4H3,(H,14,16). The lowest BCUT2D eigenvalue weighted by Gasteiger charge is -2.32. The Morgan fingerprint density at radius 3 is 2.16 bits per heavy atom. The van der Waals surface area contributed by atoms with Gasteiger partial charge in [-0.25, -0.2) is 8.42 Å². The predicted molar refractivity (Wildman–Crippen MR) is 76.4 cm³/mol. The molecule has 1 amide bonds. The molecule has 0 bridgehead atoms. The summed E-state index contributed by atoms with van der Waals surface area (Å²) in [6.07, 6.45) is 1.11. The van der Waals surface area contributed by atoms with Gasteiger partial charge in [-0.3, -0.25) is 4.79 Å². The van der Waals surface area contributed by atoms with Gasteiger partial charge in [0.15, 0.2) is 0 Å². The molecule has 0 aliphatic rings. The van der Waals surface area contributed by atoms with Gasteiger partial charge >= 0.3 is 0 Å². The Morgan fingerprint density at radius 1 is 1.21 bits per heavy atom. The summed E-state index contributed by atoms with van der Waals surface area (Å²) >= 11 is 0. The highest BCUT2D eigenvalue weighted by Gasteiger charge is 2.31. The Bertz CT molecular complexity index is 533. The fraction of sp³-hybridized carbons (Fsp3) is 0.462. The van der Waals surface area contributed by atoms with Gasteiger partial charge in [0.1, 0.15) is 0 Å². The minimum Gasteiger partial charge on any atom is -0.325 e. The molecule has 0 fully saturated rings. The van der Waals surface area contributed by atoms with Crippen LogP contribution in [0, 0.1) is 0 Å². The second-order valence-electron chi connectivity index (χ2n) is 5.35. The second-order valence-corrected chi connectivity index (χ2v) is 7.26. The van der Waals surface area contributed by atoms with E-state index in [9.17, 15) is 13.2 Å². The van der Waals surface area contributed by atoms with Crippen molar-refractivity contribution in [2.75, 3.05) is 18.1 Å². The summed E-state index contributed by atoms with van der Waals surface area (Å²) in [5, 5.41) is 2.67. The van der Waals surface area contributed by atoms with E-state index in [0.29, 0.717) is 5.69 Å². The molecule has 0 aromatic heterocycles. The average Bonchev–Trinajstić information content (AvgIpc) is 2.24. The molecule has 5 nitrogen and oxygen atoms in total. The van der Waals surface area contributed by atoms with Crippen LogP contribution >= 0.6 is 0 Å². The van der Waals surface area contributed by atoms with E-state index >= 15 is 0 Å². The summed E-state index contributed by atoms with van der Waals surface area (Å²) in [4.78, 5) is 11.9. The summed E-state index contributed by atoms with van der Waals surface area (Å²) in [5.74, 6) is -0.355. The number of carbonyl (C=O) groups excluding carboxylic acids is 1. The van der Waals surface area contributed by atoms with Crippen LogP contribution in [0.15, 0.2) is 30.3 Å². The number of hydrogen-bond donors (Lipinski definition) is 1. The first-order valence-corrected chi connectivity index (χ1v) is 7.78. The van der Waals surface area contributed by atoms with Crippen LogP contribution in [-0.2, 0) is 14.8 Å². The molecule has 1 N–H and O–H groups in total. The van der Waals surface area contributed by atoms with Gasteiger partial charge in [-0.05, 0) is 32.9 Å². The summed E-state index contributed by atoms with van der Waals surface area (Å²) in [6, 6.07) is 8.94. The second kappa shape index (κ2) is 5.71. The lowest BCUT2D eigenvalue weighted by atomic mass is 10.1. The first-order valence-electron chi connectivity index (χ1n) is 5.93. The molecule has 0 saturated heterocycles. The molecule has 1 rings (SSSR count). The van der Waals surface area contributed by atoms with Crippen LogP contribution < -0.4 is 5.32 Å². The molecular weight excluding hydrogens is 264 g/mol. The number of sulfonamides is 1. The van der Waals surface area contributed by atoms with E-state index in [1.54, 1.807) is 45.0 Å². The average molecular weight is 284 g/mol. The van der Waals surface area contributed by atoms with Crippen molar-refractivity contribution in [1.29, 1.82) is 0 Å². The van der Waals surface area contributed by atoms with Gasteiger partial charge in [-0.1, -0.05) is 18.2 Å². The van der Waals surface area contributed by atoms with E-state index in [2.05, 4.69) is 5.32 Å². The molecule has 0 unspecified atom stereocenters. The van der Waals surface area contributed by atoms with Crippen molar-refractivity contribution in [3.8, 4) is 0 Å². The molecule has 1 aromatic carbocycles. The molecule has 0 atom stereocenters. The van der Waals surface area contributed by atoms with Gasteiger partial charge in [-0.15, -0.1) is 0 Å². The van der Waals surface area contributed by atoms with E-state index in [1.165, 1.54) is 4.31 Å². The minimum atomic E-state index is -3.44. The summed E-state index contributed by atoms with van der Waals surface area (Å²) in [7, 11) is -3.44. The third-order valence-electron chi connectivity index (χ3n) is 2.49. The first-order chi connectivity index (χ1) is 8.60. The van der Waals surface area contributed by atoms with Crippen molar-refractivity contribution < 1.29 is 13.2 Å². The SMILES string of the molecule is CC(C)(C)N(CC(=O)Nc1ccccc1)S(C)(=O)=O. The van der Waals surface area contributed by atoms with Gasteiger partial charge in [-0.2, -0.15) is 4.31 Å². The maximum Gasteiger partial charge on any atom is 0.239 e. The maximum atomic E-state index is 11.9. The van der Waals surface area contributed by atoms with Crippen molar-refractivity contribution in [3.05, 3.63) is 30.3 Å². The Labute approximate surface area is 114 Å². The highest BCUT2D eigenvalue weighted by atomic mass is 32.2. The van der Waals surface area contributed by atoms with Gasteiger partial charge in [0, 0.05) is 11.2 Å². The molecule has 106 valence electrons. The monoisotopic (exact) mass is 284 g/mol. The Morgan fingerprint density at radius 2 is 1.74 bits per heavy atom. The summed E-state index contributed by atoms with van der Waals surface area (Å²) < 4.78 is 24.6. The highest BCUT2D eigenvalue weighted by Crippen LogP contribution is 2.17. The zero-order valence-electron chi connectivity index (χ0n) is 11.7. The largest absolute Gasteiger partial charge is 0.325 e. The third kappa shape index (κ3) is 5.00. The van der Waals surface area contributed by atoms with Crippen LogP contribution in [0.1, 0.15) is 20.8 Å². The molecule has 0 aliphatic heterocycles. The van der Waals surface area contributed by atoms with Crippen LogP contribution in [0.4, 0.5) is 5.69 Å². The topological polar surface area (TPSA) is 66.5 Å². The van der Waals surface area contributed by atoms with E-state index in [-0.39, 0.29) is 12.5 Å². The van der Waals surface area contributed by atoms with E-state index in [1.807, 2.05) is 6.07 Å². The fourth-order valence-electron chi connectivity index (χ4n) is 1.70. The smallest absolute Gasteiger partial charge is 0.239 e. The Kier molecular flexibility index (Phi) is 4.70. The van der Waals surface area contributed by atoms with Gasteiger partial charge in [0.05, 0.1) is 12.8 Å². The number of rotatable bonds is 4. The predicted octanol–water partition coefficient (Wildman–Crippen LogP) is 1.69. The van der Waals surface area contributed by atoms with Gasteiger partial charge in [0.2, 0.25) is 15.9 Å². The Hall–Kier alpha value is -1.40. The fourth-order valence-corrected chi connectivity index (χ4v) is 3.05. The molecule has 0 radical (unpaired) electrons. The molecule has 0 spiro atoms. The molecule has 0 heterocycles. The van der Waals surface area contributed by atoms with Crippen LogP contribution in [0.2, 0.25) is 0 Å². The zero-order valence-corrected chi connectivity index (χ0v) is 12.5. The Balaban J connectivity index is 2.79. The number of nitrogens with one attached hydrogen (secondary N) is 1. The van der Waals surface area contributed by atoms with Crippen LogP contribution in [-0.4, -0.2) is 37.0 Å². The van der Waals surface area contributed by atoms with Crippen molar-refractivity contribution >= 4 is 21.6 Å². The van der Waals surface area contributed by atoms with Crippen molar-refractivity contribution in [1.82, 2.24) is 4.31 Å². The number of anilines is 1. The summed E-state index contributed by atoms with van der Waals surface area (Å²) in [5.41, 5.74) is 0.0107. The quantitative estimate of drug-likeness (QED) is 0.915. The normalized spacial score (nSPS) is 12.5. The van der Waals surface area contributed by atoms with E-state index in [4.69, 9.17) is 0 Å². The molecule has 6 heteroatoms. The van der Waals surface area contributed by atoms with Crippen molar-refractivity contribution in [2.24, 2.45) is 0 Å². The molecule has 0 saturated carbocycles. The maximum absolute atomic E-state index is 11.9. The summed E-state index contributed by atoms with van der Waals surface area (Å²) in [6.45, 7) is 5.06. The lowest BCUT2D eigenvalue weighted by Crippen LogP contribution is -2.48. The van der Waals surface area contributed by atoms with Crippen molar-refractivity contribution in [2.45, 2.75) is 26.3 Å². The number of amides is 1. The molecule has 0 aliphatic carbocycles. The molecule has 19 heavy (non-hydrogen) atoms. The molecule has 1 aromatic rings. The first kappa shape index (κ1) is 15.7. The number of nitrogens with zero attached hydrogens (tertiary/aromatic N) is 1. The van der Waals surface area contributed by atoms with Crippen LogP contribution in [0.3, 0.4) is 0 Å². The third-order valence-corrected chi connectivity index (χ3v) is 3.97. The van der Waals surface area contributed by atoms with E-state index in [0.717, 1.165) is 6.26 Å². The van der Waals surface area contributed by atoms with Crippen molar-refractivity contribution in [3.63, 3.8) is 0 Å². The number of benzene rings is 1. The van der Waals surface area contributed by atoms with Gasteiger partial charge < -0.3 is 5.32 Å². The highest BCUT2D eigenvalue weighted by molar-refractivity contribution is 7.88. The van der Waals surface area contributed by atoms with Crippen LogP contribution in [0.5, 0.6) is 0 Å². The lowest BCUT2D eigenvalue weighted by molar-refractivity contribution is -0.117. The minimum absolute atomic E-state index is 0.197. The van der Waals surface area contributed by atoms with Crippen LogP contribution in [0.25, 0.3) is 0 Å².